The third-order valence-electron chi connectivity index (χ3n) is 2.57. The van der Waals surface area contributed by atoms with Crippen molar-refractivity contribution in [2.24, 2.45) is 5.92 Å². The number of hydrogen-bond acceptors (Lipinski definition) is 2. The Morgan fingerprint density at radius 3 is 2.33 bits per heavy atom. The first-order valence-electron chi connectivity index (χ1n) is 5.48. The van der Waals surface area contributed by atoms with Gasteiger partial charge in [0.15, 0.2) is 5.78 Å². The van der Waals surface area contributed by atoms with E-state index in [9.17, 15) is 4.79 Å². The highest BCUT2D eigenvalue weighted by Crippen LogP contribution is 2.12. The molecular formula is C13H18O2. The van der Waals surface area contributed by atoms with Crippen molar-refractivity contribution in [2.45, 2.75) is 26.7 Å². The van der Waals surface area contributed by atoms with Crippen LogP contribution in [-0.4, -0.2) is 12.4 Å². The zero-order chi connectivity index (χ0) is 11.1. The second-order valence-corrected chi connectivity index (χ2v) is 3.58. The van der Waals surface area contributed by atoms with E-state index in [0.717, 1.165) is 18.6 Å². The Morgan fingerprint density at radius 2 is 1.80 bits per heavy atom. The van der Waals surface area contributed by atoms with E-state index in [1.54, 1.807) is 0 Å². The maximum atomic E-state index is 11.7. The molecule has 0 fully saturated rings. The van der Waals surface area contributed by atoms with Crippen LogP contribution >= 0.6 is 0 Å². The summed E-state index contributed by atoms with van der Waals surface area (Å²) in [4.78, 5) is 11.7. The third kappa shape index (κ3) is 3.74. The normalized spacial score (nSPS) is 10.3. The van der Waals surface area contributed by atoms with Gasteiger partial charge in [-0.1, -0.05) is 32.0 Å². The SMILES string of the molecule is CCC(CC)C(=O)COc1ccccc1. The summed E-state index contributed by atoms with van der Waals surface area (Å²) in [6, 6.07) is 9.45. The minimum atomic E-state index is 0.147. The molecule has 0 aliphatic rings. The van der Waals surface area contributed by atoms with Crippen molar-refractivity contribution >= 4 is 5.78 Å². The third-order valence-corrected chi connectivity index (χ3v) is 2.57. The van der Waals surface area contributed by atoms with Crippen LogP contribution in [0.1, 0.15) is 26.7 Å². The molecule has 0 amide bonds. The number of rotatable bonds is 6. The standard InChI is InChI=1S/C13H18O2/c1-3-11(4-2)13(14)10-15-12-8-6-5-7-9-12/h5-9,11H,3-4,10H2,1-2H3. The van der Waals surface area contributed by atoms with Crippen LogP contribution in [0.5, 0.6) is 5.75 Å². The van der Waals surface area contributed by atoms with Crippen LogP contribution in [0.2, 0.25) is 0 Å². The highest BCUT2D eigenvalue weighted by molar-refractivity contribution is 5.82. The molecule has 0 saturated heterocycles. The topological polar surface area (TPSA) is 26.3 Å². The lowest BCUT2D eigenvalue weighted by molar-refractivity contribution is -0.125. The van der Waals surface area contributed by atoms with Crippen molar-refractivity contribution in [2.75, 3.05) is 6.61 Å². The fourth-order valence-electron chi connectivity index (χ4n) is 1.53. The fraction of sp³-hybridized carbons (Fsp3) is 0.462. The van der Waals surface area contributed by atoms with Gasteiger partial charge in [-0.2, -0.15) is 0 Å². The van der Waals surface area contributed by atoms with Crippen molar-refractivity contribution in [1.82, 2.24) is 0 Å². The van der Waals surface area contributed by atoms with Gasteiger partial charge >= 0.3 is 0 Å². The van der Waals surface area contributed by atoms with Crippen molar-refractivity contribution in [3.63, 3.8) is 0 Å². The molecule has 0 bridgehead atoms. The van der Waals surface area contributed by atoms with E-state index in [1.807, 2.05) is 44.2 Å². The molecular weight excluding hydrogens is 188 g/mol. The number of hydrogen-bond donors (Lipinski definition) is 0. The Balaban J connectivity index is 2.40. The van der Waals surface area contributed by atoms with Crippen LogP contribution in [0.15, 0.2) is 30.3 Å². The van der Waals surface area contributed by atoms with Gasteiger partial charge in [-0.05, 0) is 25.0 Å². The summed E-state index contributed by atoms with van der Waals surface area (Å²) >= 11 is 0. The van der Waals surface area contributed by atoms with Crippen molar-refractivity contribution in [3.8, 4) is 5.75 Å². The van der Waals surface area contributed by atoms with E-state index in [4.69, 9.17) is 4.74 Å². The molecule has 0 atom stereocenters. The predicted octanol–water partition coefficient (Wildman–Crippen LogP) is 3.07. The van der Waals surface area contributed by atoms with E-state index < -0.39 is 0 Å². The molecule has 15 heavy (non-hydrogen) atoms. The molecule has 0 spiro atoms. The summed E-state index contributed by atoms with van der Waals surface area (Å²) in [7, 11) is 0. The Labute approximate surface area is 91.3 Å². The van der Waals surface area contributed by atoms with Gasteiger partial charge in [0, 0.05) is 5.92 Å². The van der Waals surface area contributed by atoms with Gasteiger partial charge in [0.05, 0.1) is 0 Å². The summed E-state index contributed by atoms with van der Waals surface area (Å²) in [5.41, 5.74) is 0. The van der Waals surface area contributed by atoms with Crippen LogP contribution in [-0.2, 0) is 4.79 Å². The summed E-state index contributed by atoms with van der Waals surface area (Å²) < 4.78 is 5.40. The molecule has 2 heteroatoms. The summed E-state index contributed by atoms with van der Waals surface area (Å²) in [5, 5.41) is 0. The molecule has 1 rings (SSSR count). The fourth-order valence-corrected chi connectivity index (χ4v) is 1.53. The molecule has 0 aliphatic heterocycles. The van der Waals surface area contributed by atoms with Gasteiger partial charge < -0.3 is 4.74 Å². The molecule has 0 radical (unpaired) electrons. The van der Waals surface area contributed by atoms with E-state index in [2.05, 4.69) is 0 Å². The number of para-hydroxylation sites is 1. The number of carbonyl (C=O) groups is 1. The Hall–Kier alpha value is -1.31. The number of Topliss-reactive ketones (excluding diaryl/α,β-unsaturated/α-hetero) is 1. The Bertz CT molecular complexity index is 289. The second-order valence-electron chi connectivity index (χ2n) is 3.58. The minimum absolute atomic E-state index is 0.147. The molecule has 82 valence electrons. The first kappa shape index (κ1) is 11.8. The van der Waals surface area contributed by atoms with E-state index >= 15 is 0 Å². The molecule has 0 N–H and O–H groups in total. The Kier molecular flexibility index (Phi) is 4.88. The lowest BCUT2D eigenvalue weighted by atomic mass is 9.99. The van der Waals surface area contributed by atoms with Crippen molar-refractivity contribution in [1.29, 1.82) is 0 Å². The van der Waals surface area contributed by atoms with Gasteiger partial charge in [-0.3, -0.25) is 4.79 Å². The highest BCUT2D eigenvalue weighted by Gasteiger charge is 2.14. The largest absolute Gasteiger partial charge is 0.486 e. The number of benzene rings is 1. The molecule has 0 saturated carbocycles. The van der Waals surface area contributed by atoms with Gasteiger partial charge in [0.25, 0.3) is 0 Å². The van der Waals surface area contributed by atoms with E-state index in [-0.39, 0.29) is 18.3 Å². The van der Waals surface area contributed by atoms with Crippen molar-refractivity contribution in [3.05, 3.63) is 30.3 Å². The molecule has 2 nitrogen and oxygen atoms in total. The first-order valence-corrected chi connectivity index (χ1v) is 5.48. The van der Waals surface area contributed by atoms with E-state index in [0.29, 0.717) is 0 Å². The van der Waals surface area contributed by atoms with Gasteiger partial charge in [-0.25, -0.2) is 0 Å². The van der Waals surface area contributed by atoms with Crippen LogP contribution in [0, 0.1) is 5.92 Å². The molecule has 0 aromatic heterocycles. The number of ketones is 1. The number of carbonyl (C=O) groups excluding carboxylic acids is 1. The minimum Gasteiger partial charge on any atom is -0.486 e. The van der Waals surface area contributed by atoms with Gasteiger partial charge in [-0.15, -0.1) is 0 Å². The Morgan fingerprint density at radius 1 is 1.20 bits per heavy atom. The van der Waals surface area contributed by atoms with E-state index in [1.165, 1.54) is 0 Å². The summed E-state index contributed by atoms with van der Waals surface area (Å²) in [6.07, 6.45) is 1.79. The average molecular weight is 206 g/mol. The monoisotopic (exact) mass is 206 g/mol. The molecule has 0 unspecified atom stereocenters. The average Bonchev–Trinajstić information content (AvgIpc) is 2.29. The van der Waals surface area contributed by atoms with Crippen LogP contribution in [0.3, 0.4) is 0 Å². The first-order chi connectivity index (χ1) is 7.27. The zero-order valence-electron chi connectivity index (χ0n) is 9.40. The maximum absolute atomic E-state index is 11.7. The summed E-state index contributed by atoms with van der Waals surface area (Å²) in [5.74, 6) is 1.11. The van der Waals surface area contributed by atoms with Crippen molar-refractivity contribution < 1.29 is 9.53 Å². The lowest BCUT2D eigenvalue weighted by Gasteiger charge is -2.11. The maximum Gasteiger partial charge on any atom is 0.173 e. The van der Waals surface area contributed by atoms with Gasteiger partial charge in [0.2, 0.25) is 0 Å². The smallest absolute Gasteiger partial charge is 0.173 e. The van der Waals surface area contributed by atoms with Crippen LogP contribution in [0.25, 0.3) is 0 Å². The molecule has 0 aliphatic carbocycles. The zero-order valence-corrected chi connectivity index (χ0v) is 9.40. The molecule has 1 aromatic carbocycles. The number of ether oxygens (including phenoxy) is 1. The van der Waals surface area contributed by atoms with Crippen LogP contribution < -0.4 is 4.74 Å². The molecule has 0 heterocycles. The van der Waals surface area contributed by atoms with Gasteiger partial charge in [0.1, 0.15) is 12.4 Å². The predicted molar refractivity (Wildman–Crippen MR) is 61.0 cm³/mol. The van der Waals surface area contributed by atoms with Crippen LogP contribution in [0.4, 0.5) is 0 Å². The molecule has 1 aromatic rings. The quantitative estimate of drug-likeness (QED) is 0.715. The highest BCUT2D eigenvalue weighted by atomic mass is 16.5. The second kappa shape index (κ2) is 6.23. The lowest BCUT2D eigenvalue weighted by Crippen LogP contribution is -2.20. The summed E-state index contributed by atoms with van der Waals surface area (Å²) in [6.45, 7) is 4.26.